The van der Waals surface area contributed by atoms with Crippen molar-refractivity contribution in [2.45, 2.75) is 45.3 Å². The third kappa shape index (κ3) is 5.27. The van der Waals surface area contributed by atoms with E-state index in [0.717, 1.165) is 25.7 Å². The van der Waals surface area contributed by atoms with Crippen molar-refractivity contribution in [3.8, 4) is 5.75 Å². The molecule has 1 aliphatic heterocycles. The van der Waals surface area contributed by atoms with Crippen molar-refractivity contribution in [3.63, 3.8) is 0 Å². The molecule has 1 N–H and O–H groups in total. The molecule has 1 unspecified atom stereocenters. The van der Waals surface area contributed by atoms with Gasteiger partial charge in [-0.25, -0.2) is 4.79 Å². The summed E-state index contributed by atoms with van der Waals surface area (Å²) >= 11 is 0. The second-order valence-electron chi connectivity index (χ2n) is 9.50. The molecule has 2 aliphatic rings. The lowest BCUT2D eigenvalue weighted by atomic mass is 9.81. The predicted molar refractivity (Wildman–Crippen MR) is 130 cm³/mol. The van der Waals surface area contributed by atoms with Gasteiger partial charge in [0.1, 0.15) is 11.9 Å². The molecule has 2 heterocycles. The van der Waals surface area contributed by atoms with Crippen LogP contribution in [0.5, 0.6) is 5.75 Å². The summed E-state index contributed by atoms with van der Waals surface area (Å²) in [7, 11) is 3.05. The van der Waals surface area contributed by atoms with Crippen molar-refractivity contribution in [1.29, 1.82) is 0 Å². The number of methoxy groups -OCH3 is 2. The van der Waals surface area contributed by atoms with Crippen LogP contribution in [0.3, 0.4) is 0 Å². The molecule has 0 spiro atoms. The van der Waals surface area contributed by atoms with Gasteiger partial charge in [0.25, 0.3) is 11.5 Å². The van der Waals surface area contributed by atoms with E-state index in [2.05, 4.69) is 4.98 Å². The highest BCUT2D eigenvalue weighted by molar-refractivity contribution is 5.82. The van der Waals surface area contributed by atoms with Crippen LogP contribution in [0.15, 0.2) is 27.8 Å². The van der Waals surface area contributed by atoms with Gasteiger partial charge < -0.3 is 24.3 Å². The Morgan fingerprint density at radius 1 is 1.03 bits per heavy atom. The summed E-state index contributed by atoms with van der Waals surface area (Å²) in [6.07, 6.45) is 2.55. The summed E-state index contributed by atoms with van der Waals surface area (Å²) in [5, 5.41) is 0.422. The minimum absolute atomic E-state index is 0.0440. The topological polar surface area (TPSA) is 114 Å². The van der Waals surface area contributed by atoms with Gasteiger partial charge >= 0.3 is 5.69 Å². The van der Waals surface area contributed by atoms with Gasteiger partial charge in [-0.2, -0.15) is 0 Å². The standard InChI is InChI=1S/C25H34N4O6/c1-16(34-2)22(30)27-10-12-28(13-11-27)23(31)18-6-4-17(5-7-18)15-29-24(32)20-14-19(35-3)8-9-21(20)26-25(29)33/h8-9,14,16-18H,4-7,10-13,15H2,1-3H3,(H,26,33). The molecule has 1 atom stereocenters. The molecule has 1 aliphatic carbocycles. The van der Waals surface area contributed by atoms with E-state index in [1.165, 1.54) is 18.8 Å². The fourth-order valence-corrected chi connectivity index (χ4v) is 5.14. The van der Waals surface area contributed by atoms with E-state index in [1.54, 1.807) is 30.0 Å². The Hall–Kier alpha value is -3.14. The van der Waals surface area contributed by atoms with Gasteiger partial charge in [-0.15, -0.1) is 0 Å². The number of aromatic amines is 1. The molecule has 2 fully saturated rings. The number of carbonyl (C=O) groups excluding carboxylic acids is 2. The van der Waals surface area contributed by atoms with Gasteiger partial charge in [-0.1, -0.05) is 0 Å². The second kappa shape index (κ2) is 10.6. The first-order chi connectivity index (χ1) is 16.8. The lowest BCUT2D eigenvalue weighted by molar-refractivity contribution is -0.147. The number of ether oxygens (including phenoxy) is 2. The van der Waals surface area contributed by atoms with Crippen LogP contribution in [-0.4, -0.2) is 77.7 Å². The molecule has 1 aromatic carbocycles. The Kier molecular flexibility index (Phi) is 7.59. The minimum atomic E-state index is -0.475. The largest absolute Gasteiger partial charge is 0.497 e. The maximum absolute atomic E-state index is 13.1. The van der Waals surface area contributed by atoms with Crippen LogP contribution in [0.2, 0.25) is 0 Å². The highest BCUT2D eigenvalue weighted by atomic mass is 16.5. The van der Waals surface area contributed by atoms with Crippen LogP contribution >= 0.6 is 0 Å². The number of hydrogen-bond donors (Lipinski definition) is 1. The fraction of sp³-hybridized carbons (Fsp3) is 0.600. The number of fused-ring (bicyclic) bond motifs is 1. The van der Waals surface area contributed by atoms with E-state index in [-0.39, 0.29) is 29.2 Å². The number of amides is 2. The van der Waals surface area contributed by atoms with Gasteiger partial charge in [-0.3, -0.25) is 19.0 Å². The Bertz CT molecular complexity index is 1190. The van der Waals surface area contributed by atoms with E-state index in [1.807, 2.05) is 4.90 Å². The molecule has 190 valence electrons. The lowest BCUT2D eigenvalue weighted by Crippen LogP contribution is -2.54. The van der Waals surface area contributed by atoms with Crippen molar-refractivity contribution in [2.24, 2.45) is 11.8 Å². The summed E-state index contributed by atoms with van der Waals surface area (Å²) in [5.74, 6) is 0.763. The smallest absolute Gasteiger partial charge is 0.328 e. The molecule has 10 nitrogen and oxygen atoms in total. The molecule has 1 saturated heterocycles. The van der Waals surface area contributed by atoms with Gasteiger partial charge in [0, 0.05) is 45.8 Å². The number of nitrogens with zero attached hydrogens (tertiary/aromatic N) is 3. The van der Waals surface area contributed by atoms with Crippen LogP contribution in [0.4, 0.5) is 0 Å². The minimum Gasteiger partial charge on any atom is -0.497 e. The fourth-order valence-electron chi connectivity index (χ4n) is 5.14. The Morgan fingerprint density at radius 2 is 1.69 bits per heavy atom. The summed E-state index contributed by atoms with van der Waals surface area (Å²) in [6, 6.07) is 5.02. The quantitative estimate of drug-likeness (QED) is 0.657. The summed E-state index contributed by atoms with van der Waals surface area (Å²) in [6.45, 7) is 4.17. The maximum Gasteiger partial charge on any atom is 0.328 e. The van der Waals surface area contributed by atoms with Crippen LogP contribution in [0, 0.1) is 11.8 Å². The summed E-state index contributed by atoms with van der Waals surface area (Å²) in [4.78, 5) is 57.3. The Balaban J connectivity index is 1.34. The van der Waals surface area contributed by atoms with Gasteiger partial charge in [-0.05, 0) is 56.7 Å². The number of nitrogens with one attached hydrogen (secondary N) is 1. The molecule has 1 saturated carbocycles. The zero-order valence-corrected chi connectivity index (χ0v) is 20.6. The normalized spacial score (nSPS) is 21.7. The zero-order valence-electron chi connectivity index (χ0n) is 20.6. The van der Waals surface area contributed by atoms with Crippen molar-refractivity contribution in [2.75, 3.05) is 40.4 Å². The van der Waals surface area contributed by atoms with Gasteiger partial charge in [0.2, 0.25) is 5.91 Å². The molecule has 2 aromatic rings. The van der Waals surface area contributed by atoms with E-state index < -0.39 is 11.8 Å². The molecule has 4 rings (SSSR count). The molecule has 2 amide bonds. The first kappa shape index (κ1) is 25.0. The predicted octanol–water partition coefficient (Wildman–Crippen LogP) is 1.21. The van der Waals surface area contributed by atoms with Crippen molar-refractivity contribution in [3.05, 3.63) is 39.0 Å². The first-order valence-electron chi connectivity index (χ1n) is 12.2. The van der Waals surface area contributed by atoms with E-state index in [9.17, 15) is 19.2 Å². The number of rotatable bonds is 6. The second-order valence-corrected chi connectivity index (χ2v) is 9.50. The average molecular weight is 487 g/mol. The van der Waals surface area contributed by atoms with E-state index >= 15 is 0 Å². The molecule has 35 heavy (non-hydrogen) atoms. The number of carbonyl (C=O) groups is 2. The van der Waals surface area contributed by atoms with Crippen molar-refractivity contribution in [1.82, 2.24) is 19.4 Å². The molecule has 10 heteroatoms. The molecular formula is C25H34N4O6. The van der Waals surface area contributed by atoms with E-state index in [4.69, 9.17) is 9.47 Å². The summed E-state index contributed by atoms with van der Waals surface area (Å²) in [5.41, 5.74) is -0.248. The monoisotopic (exact) mass is 486 g/mol. The third-order valence-electron chi connectivity index (χ3n) is 7.43. The Labute approximate surface area is 203 Å². The molecule has 0 radical (unpaired) electrons. The number of aromatic nitrogens is 2. The number of benzene rings is 1. The molecular weight excluding hydrogens is 452 g/mol. The van der Waals surface area contributed by atoms with Gasteiger partial charge in [0.15, 0.2) is 0 Å². The van der Waals surface area contributed by atoms with Crippen LogP contribution in [0.1, 0.15) is 32.6 Å². The third-order valence-corrected chi connectivity index (χ3v) is 7.43. The highest BCUT2D eigenvalue weighted by Gasteiger charge is 2.33. The van der Waals surface area contributed by atoms with Crippen LogP contribution < -0.4 is 16.0 Å². The number of hydrogen-bond acceptors (Lipinski definition) is 6. The first-order valence-corrected chi connectivity index (χ1v) is 12.2. The van der Waals surface area contributed by atoms with Crippen molar-refractivity contribution < 1.29 is 19.1 Å². The SMILES string of the molecule is COc1ccc2[nH]c(=O)n(CC3CCC(C(=O)N4CCN(C(=O)C(C)OC)CC4)CC3)c(=O)c2c1. The molecule has 0 bridgehead atoms. The average Bonchev–Trinajstić information content (AvgIpc) is 2.90. The summed E-state index contributed by atoms with van der Waals surface area (Å²) < 4.78 is 11.6. The highest BCUT2D eigenvalue weighted by Crippen LogP contribution is 2.31. The van der Waals surface area contributed by atoms with Crippen LogP contribution in [0.25, 0.3) is 10.9 Å². The van der Waals surface area contributed by atoms with E-state index in [0.29, 0.717) is 49.4 Å². The zero-order chi connectivity index (χ0) is 25.1. The van der Waals surface area contributed by atoms with Crippen LogP contribution in [-0.2, 0) is 20.9 Å². The van der Waals surface area contributed by atoms with Gasteiger partial charge in [0.05, 0.1) is 18.0 Å². The maximum atomic E-state index is 13.1. The molecule has 1 aromatic heterocycles. The number of H-pyrrole nitrogens is 1. The number of piperazine rings is 1. The lowest BCUT2D eigenvalue weighted by Gasteiger charge is -2.38. The Morgan fingerprint density at radius 3 is 2.31 bits per heavy atom. The van der Waals surface area contributed by atoms with Crippen molar-refractivity contribution >= 4 is 22.7 Å².